The molecule has 0 N–H and O–H groups in total. The normalized spacial score (nSPS) is 15.5. The molecule has 31 heavy (non-hydrogen) atoms. The van der Waals surface area contributed by atoms with Gasteiger partial charge in [-0.25, -0.2) is 0 Å². The maximum absolute atomic E-state index is 13.6. The van der Waals surface area contributed by atoms with E-state index in [9.17, 15) is 9.59 Å². The van der Waals surface area contributed by atoms with E-state index in [1.54, 1.807) is 22.7 Å². The molecule has 0 saturated heterocycles. The number of amides is 1. The first-order valence-corrected chi connectivity index (χ1v) is 11.3. The summed E-state index contributed by atoms with van der Waals surface area (Å²) in [5, 5.41) is 0.503. The van der Waals surface area contributed by atoms with Gasteiger partial charge in [-0.1, -0.05) is 35.9 Å². The number of nitrogens with zero attached hydrogens (tertiary/aromatic N) is 1. The van der Waals surface area contributed by atoms with Crippen LogP contribution >= 0.6 is 11.8 Å². The molecule has 154 valence electrons. The smallest absolute Gasteiger partial charge is 0.295 e. The van der Waals surface area contributed by atoms with Gasteiger partial charge in [0, 0.05) is 10.6 Å². The third-order valence-corrected chi connectivity index (χ3v) is 6.48. The summed E-state index contributed by atoms with van der Waals surface area (Å²) in [7, 11) is 0. The Morgan fingerprint density at radius 2 is 1.65 bits per heavy atom. The van der Waals surface area contributed by atoms with E-state index in [0.29, 0.717) is 16.5 Å². The Kier molecular flexibility index (Phi) is 4.71. The molecule has 0 bridgehead atoms. The maximum atomic E-state index is 13.6. The molecule has 1 aromatic heterocycles. The van der Waals surface area contributed by atoms with Gasteiger partial charge in [0.15, 0.2) is 5.43 Å². The van der Waals surface area contributed by atoms with Crippen LogP contribution in [-0.4, -0.2) is 12.2 Å². The number of benzene rings is 3. The van der Waals surface area contributed by atoms with E-state index in [-0.39, 0.29) is 17.1 Å². The summed E-state index contributed by atoms with van der Waals surface area (Å²) in [6, 6.07) is 20.7. The lowest BCUT2D eigenvalue weighted by molar-refractivity contribution is 0.0971. The van der Waals surface area contributed by atoms with Crippen molar-refractivity contribution >= 4 is 34.3 Å². The summed E-state index contributed by atoms with van der Waals surface area (Å²) in [6.07, 6.45) is 2.02. The first kappa shape index (κ1) is 19.6. The van der Waals surface area contributed by atoms with Gasteiger partial charge in [0.05, 0.1) is 17.0 Å². The third-order valence-electron chi connectivity index (χ3n) is 5.74. The Bertz CT molecular complexity index is 1390. The minimum Gasteiger partial charge on any atom is -0.450 e. The Balaban J connectivity index is 1.80. The highest BCUT2D eigenvalue weighted by Gasteiger charge is 2.43. The van der Waals surface area contributed by atoms with Crippen LogP contribution in [-0.2, 0) is 0 Å². The van der Waals surface area contributed by atoms with E-state index < -0.39 is 6.04 Å². The monoisotopic (exact) mass is 427 g/mol. The molecule has 1 amide bonds. The zero-order chi connectivity index (χ0) is 21.7. The van der Waals surface area contributed by atoms with E-state index in [4.69, 9.17) is 4.42 Å². The fraction of sp³-hybridized carbons (Fsp3) is 0.154. The summed E-state index contributed by atoms with van der Waals surface area (Å²) in [6.45, 7) is 3.93. The van der Waals surface area contributed by atoms with Crippen LogP contribution in [0.15, 0.2) is 80.8 Å². The Hall–Kier alpha value is -3.31. The predicted molar refractivity (Wildman–Crippen MR) is 125 cm³/mol. The predicted octanol–water partition coefficient (Wildman–Crippen LogP) is 5.88. The number of hydrogen-bond acceptors (Lipinski definition) is 4. The molecular formula is C26H21NO3S. The number of fused-ring (bicyclic) bond motifs is 2. The summed E-state index contributed by atoms with van der Waals surface area (Å²) in [5.74, 6) is -0.166. The molecule has 5 rings (SSSR count). The van der Waals surface area contributed by atoms with Gasteiger partial charge in [-0.3, -0.25) is 14.5 Å². The zero-order valence-corrected chi connectivity index (χ0v) is 18.3. The van der Waals surface area contributed by atoms with Gasteiger partial charge in [-0.15, -0.1) is 11.8 Å². The van der Waals surface area contributed by atoms with Crippen molar-refractivity contribution in [1.82, 2.24) is 0 Å². The highest BCUT2D eigenvalue weighted by atomic mass is 32.2. The second-order valence-corrected chi connectivity index (χ2v) is 8.74. The minimum atomic E-state index is -0.540. The molecule has 1 aliphatic rings. The quantitative estimate of drug-likeness (QED) is 0.383. The summed E-state index contributed by atoms with van der Waals surface area (Å²) in [4.78, 5) is 30.0. The molecule has 0 saturated carbocycles. The molecule has 0 aliphatic carbocycles. The van der Waals surface area contributed by atoms with Crippen LogP contribution in [0, 0.1) is 13.8 Å². The lowest BCUT2D eigenvalue weighted by Gasteiger charge is -2.25. The molecule has 0 radical (unpaired) electrons. The van der Waals surface area contributed by atoms with Crippen molar-refractivity contribution in [3.05, 3.63) is 105 Å². The Labute approximate surface area is 184 Å². The number of rotatable bonds is 3. The number of carbonyl (C=O) groups is 1. The number of hydrogen-bond donors (Lipinski definition) is 0. The van der Waals surface area contributed by atoms with Gasteiger partial charge in [0.1, 0.15) is 5.58 Å². The molecular weight excluding hydrogens is 406 g/mol. The number of anilines is 1. The molecule has 1 atom stereocenters. The van der Waals surface area contributed by atoms with Crippen LogP contribution in [0.5, 0.6) is 0 Å². The minimum absolute atomic E-state index is 0.127. The van der Waals surface area contributed by atoms with E-state index >= 15 is 0 Å². The van der Waals surface area contributed by atoms with E-state index in [2.05, 4.69) is 0 Å². The topological polar surface area (TPSA) is 50.5 Å². The van der Waals surface area contributed by atoms with Crippen molar-refractivity contribution in [2.45, 2.75) is 24.8 Å². The SMILES string of the molecule is CSc1ccc(C2c3c(oc4ccc(C)cc4c3=O)C(=O)N2c2cccc(C)c2)cc1. The van der Waals surface area contributed by atoms with Crippen LogP contribution < -0.4 is 10.3 Å². The van der Waals surface area contributed by atoms with Crippen molar-refractivity contribution < 1.29 is 9.21 Å². The number of aryl methyl sites for hydroxylation is 2. The van der Waals surface area contributed by atoms with Crippen molar-refractivity contribution in [3.63, 3.8) is 0 Å². The van der Waals surface area contributed by atoms with E-state index in [0.717, 1.165) is 27.3 Å². The van der Waals surface area contributed by atoms with Gasteiger partial charge >= 0.3 is 0 Å². The second-order valence-electron chi connectivity index (χ2n) is 7.86. The first-order valence-electron chi connectivity index (χ1n) is 10.1. The van der Waals surface area contributed by atoms with Crippen molar-refractivity contribution in [1.29, 1.82) is 0 Å². The van der Waals surface area contributed by atoms with Crippen LogP contribution in [0.3, 0.4) is 0 Å². The van der Waals surface area contributed by atoms with Crippen LogP contribution in [0.2, 0.25) is 0 Å². The zero-order valence-electron chi connectivity index (χ0n) is 17.5. The number of carbonyl (C=O) groups excluding carboxylic acids is 1. The van der Waals surface area contributed by atoms with E-state index in [1.807, 2.05) is 80.8 Å². The van der Waals surface area contributed by atoms with Crippen molar-refractivity contribution in [3.8, 4) is 0 Å². The lowest BCUT2D eigenvalue weighted by Crippen LogP contribution is -2.29. The fourth-order valence-electron chi connectivity index (χ4n) is 4.23. The van der Waals surface area contributed by atoms with Crippen LogP contribution in [0.25, 0.3) is 11.0 Å². The Morgan fingerprint density at radius 1 is 0.903 bits per heavy atom. The van der Waals surface area contributed by atoms with Gasteiger partial charge in [0.25, 0.3) is 5.91 Å². The number of thioether (sulfide) groups is 1. The molecule has 0 spiro atoms. The van der Waals surface area contributed by atoms with Crippen molar-refractivity contribution in [2.75, 3.05) is 11.2 Å². The molecule has 4 nitrogen and oxygen atoms in total. The average molecular weight is 428 g/mol. The average Bonchev–Trinajstić information content (AvgIpc) is 3.07. The molecule has 5 heteroatoms. The molecule has 1 unspecified atom stereocenters. The van der Waals surface area contributed by atoms with E-state index in [1.165, 1.54) is 0 Å². The Morgan fingerprint density at radius 3 is 2.35 bits per heavy atom. The largest absolute Gasteiger partial charge is 0.450 e. The lowest BCUT2D eigenvalue weighted by atomic mass is 9.98. The van der Waals surface area contributed by atoms with Crippen LogP contribution in [0.4, 0.5) is 5.69 Å². The van der Waals surface area contributed by atoms with Gasteiger partial charge in [0.2, 0.25) is 5.76 Å². The summed E-state index contributed by atoms with van der Waals surface area (Å²) < 4.78 is 6.04. The standard InChI is InChI=1S/C26H21NO3S/c1-15-5-4-6-18(13-15)27-23(17-8-10-19(31-3)11-9-17)22-24(28)20-14-16(2)7-12-21(20)30-25(22)26(27)29/h4-14,23H,1-3H3. The third kappa shape index (κ3) is 3.17. The molecule has 1 aliphatic heterocycles. The molecule has 4 aromatic rings. The van der Waals surface area contributed by atoms with Crippen LogP contribution in [0.1, 0.15) is 38.9 Å². The first-order chi connectivity index (χ1) is 15.0. The highest BCUT2D eigenvalue weighted by Crippen LogP contribution is 2.41. The van der Waals surface area contributed by atoms with Crippen molar-refractivity contribution in [2.24, 2.45) is 0 Å². The molecule has 3 aromatic carbocycles. The molecule has 2 heterocycles. The summed E-state index contributed by atoms with van der Waals surface area (Å²) >= 11 is 1.65. The second kappa shape index (κ2) is 7.43. The highest BCUT2D eigenvalue weighted by molar-refractivity contribution is 7.98. The van der Waals surface area contributed by atoms with Gasteiger partial charge in [-0.2, -0.15) is 0 Å². The molecule has 0 fully saturated rings. The van der Waals surface area contributed by atoms with Gasteiger partial charge < -0.3 is 4.42 Å². The summed E-state index contributed by atoms with van der Waals surface area (Å²) in [5.41, 5.74) is 4.33. The van der Waals surface area contributed by atoms with Gasteiger partial charge in [-0.05, 0) is 67.6 Å². The maximum Gasteiger partial charge on any atom is 0.295 e. The fourth-order valence-corrected chi connectivity index (χ4v) is 4.64.